The number of rotatable bonds is 4. The van der Waals surface area contributed by atoms with Crippen LogP contribution in [-0.4, -0.2) is 67.0 Å². The van der Waals surface area contributed by atoms with Crippen LogP contribution in [0.15, 0.2) is 30.3 Å². The minimum atomic E-state index is -0.164. The van der Waals surface area contributed by atoms with Crippen molar-refractivity contribution in [3.8, 4) is 0 Å². The highest BCUT2D eigenvalue weighted by Crippen LogP contribution is 2.25. The van der Waals surface area contributed by atoms with E-state index in [0.29, 0.717) is 12.2 Å². The molecule has 4 rings (SSSR count). The van der Waals surface area contributed by atoms with E-state index in [0.717, 1.165) is 55.4 Å². The summed E-state index contributed by atoms with van der Waals surface area (Å²) in [6.07, 6.45) is 0. The molecule has 1 aromatic carbocycles. The molecule has 1 saturated heterocycles. The van der Waals surface area contributed by atoms with E-state index >= 15 is 0 Å². The number of anilines is 2. The summed E-state index contributed by atoms with van der Waals surface area (Å²) in [4.78, 5) is 34.6. The first-order valence-corrected chi connectivity index (χ1v) is 10.3. The number of carbonyl (C=O) groups is 2. The number of hydrogen-bond acceptors (Lipinski definition) is 5. The number of fused-ring (bicyclic) bond motifs is 1. The SMILES string of the molecule is CNC(=O)c1ccc(N2CCN(Cc3ccc4c(c3)NC(=O)N(C)C4)CC2)c(C)n1. The molecule has 2 aromatic rings. The number of piperazine rings is 1. The second kappa shape index (κ2) is 8.31. The first-order chi connectivity index (χ1) is 14.4. The van der Waals surface area contributed by atoms with Gasteiger partial charge in [-0.1, -0.05) is 12.1 Å². The minimum Gasteiger partial charge on any atom is -0.368 e. The predicted molar refractivity (Wildman–Crippen MR) is 117 cm³/mol. The Morgan fingerprint density at radius 1 is 1.17 bits per heavy atom. The number of urea groups is 1. The molecule has 0 aliphatic carbocycles. The van der Waals surface area contributed by atoms with Gasteiger partial charge in [-0.05, 0) is 36.2 Å². The summed E-state index contributed by atoms with van der Waals surface area (Å²) in [5, 5.41) is 5.58. The van der Waals surface area contributed by atoms with Crippen LogP contribution in [-0.2, 0) is 13.1 Å². The minimum absolute atomic E-state index is 0.0559. The smallest absolute Gasteiger partial charge is 0.321 e. The van der Waals surface area contributed by atoms with Gasteiger partial charge >= 0.3 is 6.03 Å². The fraction of sp³-hybridized carbons (Fsp3) is 0.409. The van der Waals surface area contributed by atoms with Crippen LogP contribution in [0.25, 0.3) is 0 Å². The van der Waals surface area contributed by atoms with Crippen LogP contribution in [0.4, 0.5) is 16.2 Å². The van der Waals surface area contributed by atoms with Crippen molar-refractivity contribution in [3.05, 3.63) is 52.8 Å². The zero-order valence-corrected chi connectivity index (χ0v) is 17.7. The number of amides is 3. The van der Waals surface area contributed by atoms with Gasteiger partial charge in [-0.2, -0.15) is 0 Å². The molecule has 2 aliphatic heterocycles. The maximum Gasteiger partial charge on any atom is 0.321 e. The fourth-order valence-corrected chi connectivity index (χ4v) is 4.06. The molecule has 1 aromatic heterocycles. The van der Waals surface area contributed by atoms with Crippen molar-refractivity contribution in [2.75, 3.05) is 50.5 Å². The lowest BCUT2D eigenvalue weighted by Gasteiger charge is -2.36. The summed E-state index contributed by atoms with van der Waals surface area (Å²) < 4.78 is 0. The zero-order valence-electron chi connectivity index (χ0n) is 17.7. The second-order valence-corrected chi connectivity index (χ2v) is 7.92. The van der Waals surface area contributed by atoms with Crippen molar-refractivity contribution in [1.29, 1.82) is 0 Å². The number of aryl methyl sites for hydroxylation is 1. The van der Waals surface area contributed by atoms with Crippen LogP contribution >= 0.6 is 0 Å². The first kappa shape index (κ1) is 20.2. The van der Waals surface area contributed by atoms with Gasteiger partial charge in [0.05, 0.1) is 11.4 Å². The molecule has 0 spiro atoms. The average molecular weight is 409 g/mol. The van der Waals surface area contributed by atoms with Crippen LogP contribution in [0.2, 0.25) is 0 Å². The lowest BCUT2D eigenvalue weighted by atomic mass is 10.1. The van der Waals surface area contributed by atoms with Gasteiger partial charge in [-0.15, -0.1) is 0 Å². The second-order valence-electron chi connectivity index (χ2n) is 7.92. The number of hydrogen-bond donors (Lipinski definition) is 2. The largest absolute Gasteiger partial charge is 0.368 e. The monoisotopic (exact) mass is 408 g/mol. The lowest BCUT2D eigenvalue weighted by Crippen LogP contribution is -2.46. The molecule has 8 nitrogen and oxygen atoms in total. The van der Waals surface area contributed by atoms with E-state index in [4.69, 9.17) is 0 Å². The Morgan fingerprint density at radius 3 is 2.63 bits per heavy atom. The van der Waals surface area contributed by atoms with Crippen LogP contribution in [0.3, 0.4) is 0 Å². The Hall–Kier alpha value is -3.13. The number of benzene rings is 1. The van der Waals surface area contributed by atoms with E-state index in [1.165, 1.54) is 5.56 Å². The number of carbonyl (C=O) groups excluding carboxylic acids is 2. The van der Waals surface area contributed by atoms with E-state index in [-0.39, 0.29) is 11.9 Å². The van der Waals surface area contributed by atoms with Gasteiger partial charge in [0.15, 0.2) is 0 Å². The summed E-state index contributed by atoms with van der Waals surface area (Å²) in [6, 6.07) is 10.1. The zero-order chi connectivity index (χ0) is 21.3. The molecule has 8 heteroatoms. The highest BCUT2D eigenvalue weighted by atomic mass is 16.2. The molecule has 0 radical (unpaired) electrons. The third-order valence-electron chi connectivity index (χ3n) is 5.81. The van der Waals surface area contributed by atoms with Crippen LogP contribution < -0.4 is 15.5 Å². The Labute approximate surface area is 176 Å². The summed E-state index contributed by atoms with van der Waals surface area (Å²) in [6.45, 7) is 7.17. The molecule has 30 heavy (non-hydrogen) atoms. The molecule has 0 atom stereocenters. The maximum absolute atomic E-state index is 11.9. The van der Waals surface area contributed by atoms with E-state index in [2.05, 4.69) is 43.6 Å². The molecule has 0 unspecified atom stereocenters. The number of pyridine rings is 1. The Morgan fingerprint density at radius 2 is 1.93 bits per heavy atom. The molecule has 1 fully saturated rings. The van der Waals surface area contributed by atoms with Gasteiger partial charge in [0.25, 0.3) is 5.91 Å². The van der Waals surface area contributed by atoms with Crippen molar-refractivity contribution in [1.82, 2.24) is 20.1 Å². The standard InChI is InChI=1S/C22H28N6O2/c1-15-20(7-6-18(24-15)21(29)23-2)28-10-8-27(9-11-28)13-16-4-5-17-14-26(3)22(30)25-19(17)12-16/h4-7,12H,8-11,13-14H2,1-3H3,(H,23,29)(H,25,30). The Bertz CT molecular complexity index is 968. The van der Waals surface area contributed by atoms with Crippen molar-refractivity contribution in [2.45, 2.75) is 20.0 Å². The van der Waals surface area contributed by atoms with E-state index in [1.807, 2.05) is 13.0 Å². The summed E-state index contributed by atoms with van der Waals surface area (Å²) in [5.41, 5.74) is 5.69. The van der Waals surface area contributed by atoms with Crippen LogP contribution in [0.5, 0.6) is 0 Å². The highest BCUT2D eigenvalue weighted by Gasteiger charge is 2.22. The van der Waals surface area contributed by atoms with E-state index in [9.17, 15) is 9.59 Å². The van der Waals surface area contributed by atoms with Crippen LogP contribution in [0.1, 0.15) is 27.3 Å². The van der Waals surface area contributed by atoms with E-state index in [1.54, 1.807) is 25.1 Å². The molecule has 2 aliphatic rings. The van der Waals surface area contributed by atoms with Gasteiger partial charge in [0.2, 0.25) is 0 Å². The topological polar surface area (TPSA) is 80.8 Å². The fourth-order valence-electron chi connectivity index (χ4n) is 4.06. The molecule has 2 N–H and O–H groups in total. The molecule has 3 amide bonds. The highest BCUT2D eigenvalue weighted by molar-refractivity contribution is 5.92. The third-order valence-corrected chi connectivity index (χ3v) is 5.81. The lowest BCUT2D eigenvalue weighted by molar-refractivity contribution is 0.0958. The van der Waals surface area contributed by atoms with Crippen molar-refractivity contribution in [2.24, 2.45) is 0 Å². The average Bonchev–Trinajstić information content (AvgIpc) is 2.75. The summed E-state index contributed by atoms with van der Waals surface area (Å²) in [7, 11) is 3.41. The molecule has 158 valence electrons. The molecule has 3 heterocycles. The number of nitrogens with zero attached hydrogens (tertiary/aromatic N) is 4. The predicted octanol–water partition coefficient (Wildman–Crippen LogP) is 2.05. The van der Waals surface area contributed by atoms with Gasteiger partial charge < -0.3 is 20.4 Å². The molecular weight excluding hydrogens is 380 g/mol. The summed E-state index contributed by atoms with van der Waals surface area (Å²) >= 11 is 0. The van der Waals surface area contributed by atoms with Gasteiger partial charge in [-0.3, -0.25) is 9.69 Å². The third kappa shape index (κ3) is 4.09. The number of aromatic nitrogens is 1. The molecular formula is C22H28N6O2. The molecule has 0 saturated carbocycles. The first-order valence-electron chi connectivity index (χ1n) is 10.3. The van der Waals surface area contributed by atoms with Crippen molar-refractivity contribution < 1.29 is 9.59 Å². The maximum atomic E-state index is 11.9. The molecule has 0 bridgehead atoms. The van der Waals surface area contributed by atoms with Gasteiger partial charge in [0.1, 0.15) is 5.69 Å². The van der Waals surface area contributed by atoms with Crippen LogP contribution in [0, 0.1) is 6.92 Å². The van der Waals surface area contributed by atoms with Gasteiger partial charge in [0, 0.05) is 59.1 Å². The van der Waals surface area contributed by atoms with E-state index < -0.39 is 0 Å². The summed E-state index contributed by atoms with van der Waals surface area (Å²) in [5.74, 6) is -0.164. The normalized spacial score (nSPS) is 16.8. The Balaban J connectivity index is 1.37. The van der Waals surface area contributed by atoms with Crippen molar-refractivity contribution >= 4 is 23.3 Å². The van der Waals surface area contributed by atoms with Crippen molar-refractivity contribution in [3.63, 3.8) is 0 Å². The number of nitrogens with one attached hydrogen (secondary N) is 2. The Kier molecular flexibility index (Phi) is 5.59. The van der Waals surface area contributed by atoms with Gasteiger partial charge in [-0.25, -0.2) is 9.78 Å². The quantitative estimate of drug-likeness (QED) is 0.809.